The molecule has 0 radical (unpaired) electrons. The lowest BCUT2D eigenvalue weighted by atomic mass is 9.83. The lowest BCUT2D eigenvalue weighted by Gasteiger charge is -2.46. The monoisotopic (exact) mass is 214 g/mol. The molecule has 0 unspecified atom stereocenters. The van der Waals surface area contributed by atoms with Gasteiger partial charge in [-0.15, -0.1) is 0 Å². The van der Waals surface area contributed by atoms with E-state index < -0.39 is 19.8 Å². The van der Waals surface area contributed by atoms with E-state index in [1.54, 1.807) is 6.92 Å². The molecule has 3 atom stereocenters. The van der Waals surface area contributed by atoms with Gasteiger partial charge in [0.1, 0.15) is 0 Å². The van der Waals surface area contributed by atoms with E-state index in [-0.39, 0.29) is 5.54 Å². The molecule has 0 bridgehead atoms. The first kappa shape index (κ1) is 11.9. The highest BCUT2D eigenvalue weighted by Crippen LogP contribution is 2.44. The summed E-state index contributed by atoms with van der Waals surface area (Å²) in [6, 6.07) is 0. The fourth-order valence-electron chi connectivity index (χ4n) is 2.87. The molecule has 3 heteroatoms. The summed E-state index contributed by atoms with van der Waals surface area (Å²) in [6.45, 7) is 10.6. The van der Waals surface area contributed by atoms with Crippen LogP contribution in [0.15, 0.2) is 11.6 Å². The molecule has 0 spiro atoms. The van der Waals surface area contributed by atoms with Crippen molar-refractivity contribution in [3.05, 3.63) is 11.6 Å². The van der Waals surface area contributed by atoms with Crippen LogP contribution in [0.5, 0.6) is 0 Å². The van der Waals surface area contributed by atoms with Crippen molar-refractivity contribution in [2.24, 2.45) is 0 Å². The summed E-state index contributed by atoms with van der Waals surface area (Å²) < 4.78 is 0. The van der Waals surface area contributed by atoms with Gasteiger partial charge in [-0.25, -0.2) is 0 Å². The number of aliphatic hydroxyl groups is 2. The average Bonchev–Trinajstić information content (AvgIpc) is 1.94. The van der Waals surface area contributed by atoms with E-state index in [1.165, 1.54) is 5.57 Å². The maximum Gasteiger partial charge on any atom is 0.0921 e. The maximum absolute atomic E-state index is 10.4. The molecule has 2 nitrogen and oxygen atoms in total. The molecule has 1 aliphatic carbocycles. The van der Waals surface area contributed by atoms with Crippen molar-refractivity contribution >= 4 is 8.07 Å². The molecule has 0 saturated carbocycles. The van der Waals surface area contributed by atoms with Crippen LogP contribution in [0.25, 0.3) is 0 Å². The topological polar surface area (TPSA) is 40.5 Å². The van der Waals surface area contributed by atoms with Gasteiger partial charge >= 0.3 is 0 Å². The molecule has 1 rings (SSSR count). The Hall–Kier alpha value is -0.123. The largest absolute Gasteiger partial charge is 0.390 e. The van der Waals surface area contributed by atoms with Gasteiger partial charge in [0, 0.05) is 5.54 Å². The van der Waals surface area contributed by atoms with Gasteiger partial charge in [-0.3, -0.25) is 0 Å². The zero-order valence-corrected chi connectivity index (χ0v) is 10.8. The Morgan fingerprint density at radius 3 is 2.29 bits per heavy atom. The lowest BCUT2D eigenvalue weighted by Crippen LogP contribution is -2.53. The van der Waals surface area contributed by atoms with Crippen molar-refractivity contribution in [2.45, 2.75) is 57.2 Å². The van der Waals surface area contributed by atoms with Gasteiger partial charge in [-0.05, 0) is 20.3 Å². The van der Waals surface area contributed by atoms with Crippen molar-refractivity contribution in [3.63, 3.8) is 0 Å². The minimum Gasteiger partial charge on any atom is -0.390 e. The summed E-state index contributed by atoms with van der Waals surface area (Å²) in [5, 5.41) is 20.2. The van der Waals surface area contributed by atoms with E-state index in [2.05, 4.69) is 32.6 Å². The molecule has 0 saturated heterocycles. The Morgan fingerprint density at radius 1 is 1.43 bits per heavy atom. The molecular formula is C11H22O2Si. The summed E-state index contributed by atoms with van der Waals surface area (Å²) in [5.41, 5.74) is 0.474. The van der Waals surface area contributed by atoms with Crippen molar-refractivity contribution in [2.75, 3.05) is 0 Å². The number of aliphatic hydroxyl groups excluding tert-OH is 1. The maximum atomic E-state index is 10.4. The van der Waals surface area contributed by atoms with Crippen molar-refractivity contribution in [3.8, 4) is 0 Å². The normalized spacial score (nSPS) is 39.5. The first-order chi connectivity index (χ1) is 6.17. The molecule has 0 aromatic rings. The van der Waals surface area contributed by atoms with Crippen LogP contribution in [0.2, 0.25) is 25.2 Å². The van der Waals surface area contributed by atoms with Crippen molar-refractivity contribution < 1.29 is 10.2 Å². The van der Waals surface area contributed by atoms with Crippen LogP contribution in [-0.4, -0.2) is 30.0 Å². The molecule has 2 N–H and O–H groups in total. The standard InChI is InChI=1S/C11H22O2Si/c1-8-6-7-9(12)11(2,13)10(8)14(3,4)5/h6,9-10,12-13H,7H2,1-5H3/t9-,10-,11-/m1/s1. The third-order valence-electron chi connectivity index (χ3n) is 3.24. The molecule has 0 aliphatic heterocycles. The zero-order valence-electron chi connectivity index (χ0n) is 9.83. The quantitative estimate of drug-likeness (QED) is 0.519. The minimum absolute atomic E-state index is 0.166. The summed E-state index contributed by atoms with van der Waals surface area (Å²) in [6.07, 6.45) is 2.05. The van der Waals surface area contributed by atoms with Gasteiger partial charge in [0.2, 0.25) is 0 Å². The smallest absolute Gasteiger partial charge is 0.0921 e. The molecule has 0 amide bonds. The number of hydrogen-bond acceptors (Lipinski definition) is 2. The Bertz CT molecular complexity index is 251. The van der Waals surface area contributed by atoms with Crippen LogP contribution in [0, 0.1) is 0 Å². The molecule has 82 valence electrons. The van der Waals surface area contributed by atoms with Gasteiger partial charge in [-0.1, -0.05) is 31.3 Å². The van der Waals surface area contributed by atoms with E-state index in [0.717, 1.165) is 0 Å². The molecule has 14 heavy (non-hydrogen) atoms. The predicted molar refractivity (Wildman–Crippen MR) is 62.1 cm³/mol. The molecular weight excluding hydrogens is 192 g/mol. The second-order valence-electron chi connectivity index (χ2n) is 5.72. The second kappa shape index (κ2) is 3.47. The SMILES string of the molecule is CC1=CC[C@@H](O)[C@@](C)(O)[C@@H]1[Si](C)(C)C. The van der Waals surface area contributed by atoms with E-state index in [4.69, 9.17) is 0 Å². The van der Waals surface area contributed by atoms with Crippen LogP contribution in [0.3, 0.4) is 0 Å². The summed E-state index contributed by atoms with van der Waals surface area (Å²) in [4.78, 5) is 0. The van der Waals surface area contributed by atoms with Crippen LogP contribution in [0.4, 0.5) is 0 Å². The summed E-state index contributed by atoms with van der Waals surface area (Å²) in [5.74, 6) is 0. The third kappa shape index (κ3) is 1.95. The van der Waals surface area contributed by atoms with Gasteiger partial charge in [0.25, 0.3) is 0 Å². The van der Waals surface area contributed by atoms with Crippen LogP contribution in [-0.2, 0) is 0 Å². The fraction of sp³-hybridized carbons (Fsp3) is 0.818. The summed E-state index contributed by atoms with van der Waals surface area (Å²) in [7, 11) is -1.47. The van der Waals surface area contributed by atoms with E-state index in [1.807, 2.05) is 0 Å². The first-order valence-corrected chi connectivity index (χ1v) is 8.82. The Kier molecular flexibility index (Phi) is 2.96. The molecule has 0 aromatic carbocycles. The Labute approximate surface area is 87.7 Å². The van der Waals surface area contributed by atoms with Gasteiger partial charge in [0.05, 0.1) is 19.8 Å². The average molecular weight is 214 g/mol. The number of rotatable bonds is 1. The highest BCUT2D eigenvalue weighted by atomic mass is 28.3. The molecule has 0 heterocycles. The van der Waals surface area contributed by atoms with Crippen molar-refractivity contribution in [1.82, 2.24) is 0 Å². The number of hydrogen-bond donors (Lipinski definition) is 2. The van der Waals surface area contributed by atoms with Crippen molar-refractivity contribution in [1.29, 1.82) is 0 Å². The highest BCUT2D eigenvalue weighted by Gasteiger charge is 2.47. The van der Waals surface area contributed by atoms with E-state index >= 15 is 0 Å². The second-order valence-corrected chi connectivity index (χ2v) is 11.0. The highest BCUT2D eigenvalue weighted by molar-refractivity contribution is 6.78. The zero-order chi connectivity index (χ0) is 11.1. The molecule has 0 fully saturated rings. The third-order valence-corrected chi connectivity index (χ3v) is 6.02. The van der Waals surface area contributed by atoms with Gasteiger partial charge < -0.3 is 10.2 Å². The lowest BCUT2D eigenvalue weighted by molar-refractivity contribution is -0.0647. The molecule has 0 aromatic heterocycles. The van der Waals surface area contributed by atoms with E-state index in [0.29, 0.717) is 6.42 Å². The molecule has 1 aliphatic rings. The predicted octanol–water partition coefficient (Wildman–Crippen LogP) is 2.16. The first-order valence-electron chi connectivity index (χ1n) is 5.24. The van der Waals surface area contributed by atoms with Crippen LogP contribution in [0.1, 0.15) is 20.3 Å². The van der Waals surface area contributed by atoms with Gasteiger partial charge in [-0.2, -0.15) is 0 Å². The minimum atomic E-state index is -1.47. The van der Waals surface area contributed by atoms with E-state index in [9.17, 15) is 10.2 Å². The Balaban J connectivity index is 3.11. The van der Waals surface area contributed by atoms with Crippen LogP contribution < -0.4 is 0 Å². The Morgan fingerprint density at radius 2 is 1.93 bits per heavy atom. The van der Waals surface area contributed by atoms with Gasteiger partial charge in [0.15, 0.2) is 0 Å². The van der Waals surface area contributed by atoms with Crippen LogP contribution >= 0.6 is 0 Å². The fourth-order valence-corrected chi connectivity index (χ4v) is 6.30. The summed E-state index contributed by atoms with van der Waals surface area (Å²) >= 11 is 0.